The maximum absolute atomic E-state index is 12.4. The van der Waals surface area contributed by atoms with Crippen LogP contribution in [0, 0.1) is 0 Å². The number of aromatic nitrogens is 2. The maximum Gasteiger partial charge on any atom is 0.319 e. The summed E-state index contributed by atoms with van der Waals surface area (Å²) >= 11 is 2.88. The molecule has 118 valence electrons. The summed E-state index contributed by atoms with van der Waals surface area (Å²) in [7, 11) is 1.37. The molecule has 0 unspecified atom stereocenters. The predicted octanol–water partition coefficient (Wildman–Crippen LogP) is 2.91. The predicted molar refractivity (Wildman–Crippen MR) is 88.8 cm³/mol. The van der Waals surface area contributed by atoms with Gasteiger partial charge >= 0.3 is 5.97 Å². The number of fused-ring (bicyclic) bond motifs is 3. The van der Waals surface area contributed by atoms with Crippen molar-refractivity contribution >= 4 is 39.3 Å². The molecule has 0 aromatic carbocycles. The summed E-state index contributed by atoms with van der Waals surface area (Å²) in [5, 5.41) is 0.892. The lowest BCUT2D eigenvalue weighted by molar-refractivity contribution is -0.140. The van der Waals surface area contributed by atoms with Gasteiger partial charge in [0.25, 0.3) is 5.56 Å². The van der Waals surface area contributed by atoms with Crippen LogP contribution in [0.25, 0.3) is 10.2 Å². The van der Waals surface area contributed by atoms with Crippen LogP contribution in [0.1, 0.15) is 36.6 Å². The first kappa shape index (κ1) is 15.6. The molecular weight excluding hydrogens is 320 g/mol. The van der Waals surface area contributed by atoms with Crippen molar-refractivity contribution in [2.45, 2.75) is 49.4 Å². The second-order valence-electron chi connectivity index (χ2n) is 5.30. The molecule has 2 aromatic rings. The molecule has 0 saturated heterocycles. The zero-order chi connectivity index (χ0) is 15.7. The Labute approximate surface area is 136 Å². The molecule has 1 N–H and O–H groups in total. The number of hydrogen-bond donors (Lipinski definition) is 1. The van der Waals surface area contributed by atoms with Gasteiger partial charge in [-0.3, -0.25) is 9.59 Å². The lowest BCUT2D eigenvalue weighted by Crippen LogP contribution is -2.19. The molecule has 22 heavy (non-hydrogen) atoms. The van der Waals surface area contributed by atoms with Crippen LogP contribution in [0.4, 0.5) is 0 Å². The minimum absolute atomic E-state index is 0.0911. The SMILES string of the molecule is CC[C@H](Sc1nc2sc3c(c2c(=O)[nH]1)CCCC3)C(=O)OC. The number of thioether (sulfide) groups is 1. The van der Waals surface area contributed by atoms with E-state index < -0.39 is 0 Å². The molecule has 0 spiro atoms. The quantitative estimate of drug-likeness (QED) is 0.527. The summed E-state index contributed by atoms with van der Waals surface area (Å²) in [4.78, 5) is 33.6. The molecule has 1 atom stereocenters. The number of aromatic amines is 1. The number of thiophene rings is 1. The normalized spacial score (nSPS) is 15.5. The van der Waals surface area contributed by atoms with Crippen molar-refractivity contribution in [3.05, 3.63) is 20.8 Å². The van der Waals surface area contributed by atoms with Gasteiger partial charge in [-0.25, -0.2) is 4.98 Å². The fourth-order valence-corrected chi connectivity index (χ4v) is 5.01. The van der Waals surface area contributed by atoms with Gasteiger partial charge in [0.2, 0.25) is 0 Å². The molecular formula is C15H18N2O3S2. The van der Waals surface area contributed by atoms with Crippen LogP contribution in [0.15, 0.2) is 9.95 Å². The number of ether oxygens (including phenoxy) is 1. The van der Waals surface area contributed by atoms with Gasteiger partial charge in [0.05, 0.1) is 12.5 Å². The number of aryl methyl sites for hydroxylation is 2. The van der Waals surface area contributed by atoms with E-state index in [-0.39, 0.29) is 16.8 Å². The number of nitrogens with one attached hydrogen (secondary N) is 1. The fourth-order valence-electron chi connectivity index (χ4n) is 2.76. The Balaban J connectivity index is 1.99. The Morgan fingerprint density at radius 3 is 2.95 bits per heavy atom. The van der Waals surface area contributed by atoms with E-state index in [1.165, 1.54) is 35.7 Å². The number of nitrogens with zero attached hydrogens (tertiary/aromatic N) is 1. The van der Waals surface area contributed by atoms with Gasteiger partial charge in [-0.15, -0.1) is 11.3 Å². The van der Waals surface area contributed by atoms with Crippen molar-refractivity contribution in [2.24, 2.45) is 0 Å². The number of carbonyl (C=O) groups excluding carboxylic acids is 1. The van der Waals surface area contributed by atoms with E-state index in [1.54, 1.807) is 11.3 Å². The van der Waals surface area contributed by atoms with E-state index in [0.29, 0.717) is 11.6 Å². The molecule has 0 fully saturated rings. The van der Waals surface area contributed by atoms with E-state index in [1.807, 2.05) is 6.92 Å². The van der Waals surface area contributed by atoms with E-state index in [2.05, 4.69) is 9.97 Å². The highest BCUT2D eigenvalue weighted by Crippen LogP contribution is 2.34. The molecule has 0 radical (unpaired) electrons. The summed E-state index contributed by atoms with van der Waals surface area (Å²) in [5.74, 6) is -0.291. The third-order valence-corrected chi connectivity index (χ3v) is 6.30. The van der Waals surface area contributed by atoms with Gasteiger partial charge in [-0.1, -0.05) is 18.7 Å². The first-order valence-electron chi connectivity index (χ1n) is 7.43. The molecule has 1 aliphatic carbocycles. The van der Waals surface area contributed by atoms with Crippen molar-refractivity contribution in [1.29, 1.82) is 0 Å². The number of carbonyl (C=O) groups is 1. The van der Waals surface area contributed by atoms with E-state index in [0.717, 1.165) is 29.5 Å². The summed E-state index contributed by atoms with van der Waals surface area (Å²) in [6.07, 6.45) is 4.94. The van der Waals surface area contributed by atoms with Crippen molar-refractivity contribution in [3.8, 4) is 0 Å². The lowest BCUT2D eigenvalue weighted by atomic mass is 9.97. The Kier molecular flexibility index (Phi) is 4.54. The van der Waals surface area contributed by atoms with Crippen LogP contribution in [0.2, 0.25) is 0 Å². The Bertz CT molecular complexity index is 766. The highest BCUT2D eigenvalue weighted by molar-refractivity contribution is 8.00. The number of esters is 1. The molecule has 1 aliphatic rings. The Hall–Kier alpha value is -1.34. The molecule has 0 bridgehead atoms. The average Bonchev–Trinajstić information content (AvgIpc) is 2.90. The number of methoxy groups -OCH3 is 1. The number of H-pyrrole nitrogens is 1. The van der Waals surface area contributed by atoms with Crippen LogP contribution in [0.3, 0.4) is 0 Å². The van der Waals surface area contributed by atoms with Crippen LogP contribution < -0.4 is 5.56 Å². The molecule has 0 saturated carbocycles. The zero-order valence-electron chi connectivity index (χ0n) is 12.6. The second kappa shape index (κ2) is 6.42. The third-order valence-electron chi connectivity index (χ3n) is 3.89. The molecule has 5 nitrogen and oxygen atoms in total. The van der Waals surface area contributed by atoms with Gasteiger partial charge in [0.15, 0.2) is 5.16 Å². The van der Waals surface area contributed by atoms with Gasteiger partial charge in [-0.05, 0) is 37.7 Å². The van der Waals surface area contributed by atoms with Crippen molar-refractivity contribution < 1.29 is 9.53 Å². The summed E-state index contributed by atoms with van der Waals surface area (Å²) < 4.78 is 4.78. The van der Waals surface area contributed by atoms with Gasteiger partial charge in [-0.2, -0.15) is 0 Å². The second-order valence-corrected chi connectivity index (χ2v) is 7.58. The van der Waals surface area contributed by atoms with Crippen LogP contribution >= 0.6 is 23.1 Å². The maximum atomic E-state index is 12.4. The molecule has 3 rings (SSSR count). The minimum atomic E-state index is -0.347. The monoisotopic (exact) mass is 338 g/mol. The first-order chi connectivity index (χ1) is 10.6. The summed E-state index contributed by atoms with van der Waals surface area (Å²) in [6.45, 7) is 1.91. The average molecular weight is 338 g/mol. The molecule has 0 aliphatic heterocycles. The van der Waals surface area contributed by atoms with Gasteiger partial charge in [0.1, 0.15) is 10.1 Å². The highest BCUT2D eigenvalue weighted by Gasteiger charge is 2.23. The van der Waals surface area contributed by atoms with Gasteiger partial charge < -0.3 is 9.72 Å². The zero-order valence-corrected chi connectivity index (χ0v) is 14.2. The van der Waals surface area contributed by atoms with Crippen LogP contribution in [-0.2, 0) is 22.4 Å². The van der Waals surface area contributed by atoms with E-state index >= 15 is 0 Å². The third kappa shape index (κ3) is 2.79. The lowest BCUT2D eigenvalue weighted by Gasteiger charge is -2.11. The van der Waals surface area contributed by atoms with E-state index in [9.17, 15) is 9.59 Å². The van der Waals surface area contributed by atoms with E-state index in [4.69, 9.17) is 4.74 Å². The first-order valence-corrected chi connectivity index (χ1v) is 9.12. The summed E-state index contributed by atoms with van der Waals surface area (Å²) in [5.41, 5.74) is 1.09. The largest absolute Gasteiger partial charge is 0.468 e. The Morgan fingerprint density at radius 1 is 1.45 bits per heavy atom. The van der Waals surface area contributed by atoms with Crippen LogP contribution in [0.5, 0.6) is 0 Å². The Morgan fingerprint density at radius 2 is 2.23 bits per heavy atom. The van der Waals surface area contributed by atoms with Crippen molar-refractivity contribution in [3.63, 3.8) is 0 Å². The summed E-state index contributed by atoms with van der Waals surface area (Å²) in [6, 6.07) is 0. The van der Waals surface area contributed by atoms with Crippen molar-refractivity contribution in [1.82, 2.24) is 9.97 Å². The highest BCUT2D eigenvalue weighted by atomic mass is 32.2. The standard InChI is InChI=1S/C15H18N2O3S2/c1-3-9(14(19)20-2)22-15-16-12(18)11-8-6-4-5-7-10(8)21-13(11)17-15/h9H,3-7H2,1-2H3,(H,16,17,18)/t9-/m0/s1. The molecule has 2 aromatic heterocycles. The molecule has 0 amide bonds. The fraction of sp³-hybridized carbons (Fsp3) is 0.533. The van der Waals surface area contributed by atoms with Crippen LogP contribution in [-0.4, -0.2) is 28.3 Å². The number of rotatable bonds is 4. The minimum Gasteiger partial charge on any atom is -0.468 e. The smallest absolute Gasteiger partial charge is 0.319 e. The molecule has 7 heteroatoms. The topological polar surface area (TPSA) is 72.0 Å². The molecule has 2 heterocycles. The van der Waals surface area contributed by atoms with Crippen molar-refractivity contribution in [2.75, 3.05) is 7.11 Å². The van der Waals surface area contributed by atoms with Gasteiger partial charge in [0, 0.05) is 4.88 Å². The number of hydrogen-bond acceptors (Lipinski definition) is 6.